The summed E-state index contributed by atoms with van der Waals surface area (Å²) in [5.41, 5.74) is 0.578. The molecule has 1 rings (SSSR count). The molecule has 0 aromatic heterocycles. The zero-order valence-corrected chi connectivity index (χ0v) is 8.16. The third-order valence-corrected chi connectivity index (χ3v) is 3.02. The smallest absolute Gasteiger partial charge is 0.159 e. The number of rotatable bonds is 4. The number of benzene rings is 1. The molecule has 0 aliphatic carbocycles. The van der Waals surface area contributed by atoms with Gasteiger partial charge in [-0.1, -0.05) is 30.3 Å². The van der Waals surface area contributed by atoms with Gasteiger partial charge in [0.05, 0.1) is 17.5 Å². The Balaban J connectivity index is 2.74. The van der Waals surface area contributed by atoms with Gasteiger partial charge in [0.25, 0.3) is 0 Å². The number of hydrogen-bond acceptors (Lipinski definition) is 4. The van der Waals surface area contributed by atoms with Gasteiger partial charge in [0, 0.05) is 0 Å². The van der Waals surface area contributed by atoms with Crippen LogP contribution in [-0.2, 0) is 20.4 Å². The lowest BCUT2D eigenvalue weighted by atomic mass is 10.2. The fraction of sp³-hybridized carbons (Fsp3) is 0.222. The lowest BCUT2D eigenvalue weighted by Crippen LogP contribution is -2.31. The largest absolute Gasteiger partial charge is 0.549 e. The van der Waals surface area contributed by atoms with Crippen molar-refractivity contribution in [3.8, 4) is 0 Å². The van der Waals surface area contributed by atoms with Gasteiger partial charge < -0.3 is 9.90 Å². The second-order valence-electron chi connectivity index (χ2n) is 2.89. The van der Waals surface area contributed by atoms with Crippen molar-refractivity contribution in [2.75, 3.05) is 5.75 Å². The topological polar surface area (TPSA) is 74.3 Å². The highest BCUT2D eigenvalue weighted by Crippen LogP contribution is 2.05. The molecule has 76 valence electrons. The van der Waals surface area contributed by atoms with E-state index in [9.17, 15) is 18.3 Å². The average molecular weight is 213 g/mol. The van der Waals surface area contributed by atoms with Gasteiger partial charge in [0.1, 0.15) is 0 Å². The molecule has 1 aromatic rings. The monoisotopic (exact) mass is 213 g/mol. The number of carbonyl (C=O) groups excluding carboxylic acids is 1. The number of carboxylic acids is 1. The number of carbonyl (C=O) groups is 1. The van der Waals surface area contributed by atoms with Crippen molar-refractivity contribution in [2.45, 2.75) is 5.75 Å². The molecule has 0 N–H and O–H groups in total. The molecule has 0 saturated heterocycles. The van der Waals surface area contributed by atoms with Crippen LogP contribution in [-0.4, -0.2) is 20.1 Å². The van der Waals surface area contributed by atoms with Crippen LogP contribution in [0.15, 0.2) is 30.3 Å². The summed E-state index contributed by atoms with van der Waals surface area (Å²) in [6, 6.07) is 8.42. The van der Waals surface area contributed by atoms with Crippen molar-refractivity contribution >= 4 is 15.8 Å². The standard InChI is InChI=1S/C9H10O4S/c10-9(11)7-14(12,13)6-8-4-2-1-3-5-8/h1-5H,6-7H2,(H,10,11)/p-1. The zero-order chi connectivity index (χ0) is 10.6. The van der Waals surface area contributed by atoms with E-state index >= 15 is 0 Å². The number of sulfone groups is 1. The van der Waals surface area contributed by atoms with Crippen molar-refractivity contribution in [1.82, 2.24) is 0 Å². The normalized spacial score (nSPS) is 11.1. The number of carboxylic acid groups (broad SMARTS) is 1. The van der Waals surface area contributed by atoms with Gasteiger partial charge in [0.2, 0.25) is 0 Å². The van der Waals surface area contributed by atoms with E-state index in [4.69, 9.17) is 0 Å². The van der Waals surface area contributed by atoms with Crippen molar-refractivity contribution in [1.29, 1.82) is 0 Å². The Morgan fingerprint density at radius 3 is 2.29 bits per heavy atom. The molecule has 0 bridgehead atoms. The van der Waals surface area contributed by atoms with Crippen LogP contribution in [0.25, 0.3) is 0 Å². The molecule has 0 saturated carbocycles. The summed E-state index contributed by atoms with van der Waals surface area (Å²) >= 11 is 0. The summed E-state index contributed by atoms with van der Waals surface area (Å²) in [6.07, 6.45) is 0. The molecule has 1 aromatic carbocycles. The van der Waals surface area contributed by atoms with Crippen LogP contribution in [0.4, 0.5) is 0 Å². The van der Waals surface area contributed by atoms with E-state index in [1.54, 1.807) is 30.3 Å². The highest BCUT2D eigenvalue weighted by molar-refractivity contribution is 7.91. The Bertz CT molecular complexity index is 408. The minimum atomic E-state index is -3.60. The summed E-state index contributed by atoms with van der Waals surface area (Å²) in [7, 11) is -3.60. The molecule has 0 fully saturated rings. The minimum absolute atomic E-state index is 0.262. The molecular formula is C9H9O4S-. The lowest BCUT2D eigenvalue weighted by Gasteiger charge is -2.04. The molecule has 0 unspecified atom stereocenters. The van der Waals surface area contributed by atoms with Crippen molar-refractivity contribution < 1.29 is 18.3 Å². The fourth-order valence-corrected chi connectivity index (χ4v) is 2.22. The Morgan fingerprint density at radius 2 is 1.79 bits per heavy atom. The van der Waals surface area contributed by atoms with Gasteiger partial charge in [-0.05, 0) is 5.56 Å². The maximum absolute atomic E-state index is 11.2. The molecule has 0 spiro atoms. The maximum Gasteiger partial charge on any atom is 0.159 e. The molecule has 0 amide bonds. The maximum atomic E-state index is 11.2. The van der Waals surface area contributed by atoms with Crippen LogP contribution in [0, 0.1) is 0 Å². The van der Waals surface area contributed by atoms with Crippen LogP contribution in [0.3, 0.4) is 0 Å². The Hall–Kier alpha value is -1.36. The second kappa shape index (κ2) is 4.23. The summed E-state index contributed by atoms with van der Waals surface area (Å²) in [4.78, 5) is 10.1. The average Bonchev–Trinajstić information content (AvgIpc) is 2.02. The van der Waals surface area contributed by atoms with E-state index in [0.717, 1.165) is 0 Å². The molecule has 4 nitrogen and oxygen atoms in total. The first-order valence-corrected chi connectivity index (χ1v) is 5.76. The summed E-state index contributed by atoms with van der Waals surface area (Å²) in [6.45, 7) is 0. The third-order valence-electron chi connectivity index (χ3n) is 1.57. The highest BCUT2D eigenvalue weighted by atomic mass is 32.2. The Morgan fingerprint density at radius 1 is 1.21 bits per heavy atom. The third kappa shape index (κ3) is 3.57. The fourth-order valence-electron chi connectivity index (χ4n) is 1.06. The summed E-state index contributed by atoms with van der Waals surface area (Å²) in [5, 5.41) is 10.1. The number of hydrogen-bond donors (Lipinski definition) is 0. The predicted octanol–water partition coefficient (Wildman–Crippen LogP) is -0.649. The van der Waals surface area contributed by atoms with Crippen LogP contribution < -0.4 is 5.11 Å². The van der Waals surface area contributed by atoms with Crippen molar-refractivity contribution in [3.63, 3.8) is 0 Å². The molecule has 0 radical (unpaired) electrons. The predicted molar refractivity (Wildman–Crippen MR) is 48.9 cm³/mol. The minimum Gasteiger partial charge on any atom is -0.549 e. The first kappa shape index (κ1) is 10.7. The molecular weight excluding hydrogens is 204 g/mol. The quantitative estimate of drug-likeness (QED) is 0.666. The van der Waals surface area contributed by atoms with Gasteiger partial charge in [-0.15, -0.1) is 0 Å². The highest BCUT2D eigenvalue weighted by Gasteiger charge is 2.11. The Labute approximate surface area is 82.1 Å². The first-order valence-electron chi connectivity index (χ1n) is 3.94. The van der Waals surface area contributed by atoms with Gasteiger partial charge in [-0.3, -0.25) is 0 Å². The molecule has 0 aliphatic rings. The van der Waals surface area contributed by atoms with Crippen LogP contribution in [0.1, 0.15) is 5.56 Å². The molecule has 0 heterocycles. The Kier molecular flexibility index (Phi) is 3.24. The van der Waals surface area contributed by atoms with Crippen molar-refractivity contribution in [2.24, 2.45) is 0 Å². The number of aliphatic carboxylic acids is 1. The van der Waals surface area contributed by atoms with E-state index in [1.807, 2.05) is 0 Å². The van der Waals surface area contributed by atoms with Gasteiger partial charge in [0.15, 0.2) is 9.84 Å². The second-order valence-corrected chi connectivity index (χ2v) is 4.95. The zero-order valence-electron chi connectivity index (χ0n) is 7.34. The molecule has 5 heteroatoms. The lowest BCUT2D eigenvalue weighted by molar-refractivity contribution is -0.301. The summed E-state index contributed by atoms with van der Waals surface area (Å²) < 4.78 is 22.4. The van der Waals surface area contributed by atoms with Crippen LogP contribution in [0.2, 0.25) is 0 Å². The first-order chi connectivity index (χ1) is 6.49. The van der Waals surface area contributed by atoms with Gasteiger partial charge in [-0.25, -0.2) is 8.42 Å². The van der Waals surface area contributed by atoms with E-state index in [1.165, 1.54) is 0 Å². The molecule has 0 aliphatic heterocycles. The van der Waals surface area contributed by atoms with Gasteiger partial charge in [-0.2, -0.15) is 0 Å². The van der Waals surface area contributed by atoms with Crippen LogP contribution >= 0.6 is 0 Å². The van der Waals surface area contributed by atoms with E-state index < -0.39 is 21.6 Å². The van der Waals surface area contributed by atoms with Crippen LogP contribution in [0.5, 0.6) is 0 Å². The van der Waals surface area contributed by atoms with E-state index in [2.05, 4.69) is 0 Å². The summed E-state index contributed by atoms with van der Waals surface area (Å²) in [5.74, 6) is -2.76. The van der Waals surface area contributed by atoms with Gasteiger partial charge >= 0.3 is 0 Å². The van der Waals surface area contributed by atoms with E-state index in [-0.39, 0.29) is 5.75 Å². The van der Waals surface area contributed by atoms with E-state index in [0.29, 0.717) is 5.56 Å². The molecule has 0 atom stereocenters. The SMILES string of the molecule is O=C([O-])CS(=O)(=O)Cc1ccccc1. The molecule has 14 heavy (non-hydrogen) atoms. The van der Waals surface area contributed by atoms with Crippen molar-refractivity contribution in [3.05, 3.63) is 35.9 Å².